The van der Waals surface area contributed by atoms with Crippen LogP contribution in [-0.2, 0) is 4.79 Å². The first-order chi connectivity index (χ1) is 6.09. The number of rotatable bonds is 1. The molecule has 1 saturated heterocycles. The average molecular weight is 183 g/mol. The Balaban J connectivity index is 1.99. The lowest BCUT2D eigenvalue weighted by Gasteiger charge is -2.46. The molecule has 1 heterocycles. The van der Waals surface area contributed by atoms with Gasteiger partial charge in [-0.1, -0.05) is 13.8 Å². The highest BCUT2D eigenvalue weighted by Crippen LogP contribution is 2.39. The fourth-order valence-electron chi connectivity index (χ4n) is 2.44. The second kappa shape index (κ2) is 2.98. The highest BCUT2D eigenvalue weighted by Gasteiger charge is 2.43. The van der Waals surface area contributed by atoms with Gasteiger partial charge in [0.1, 0.15) is 0 Å². The highest BCUT2D eigenvalue weighted by atomic mass is 16.3. The number of hydrogen-bond donors (Lipinski definition) is 1. The van der Waals surface area contributed by atoms with E-state index < -0.39 is 6.10 Å². The molecule has 1 N–H and O–H groups in total. The van der Waals surface area contributed by atoms with E-state index in [0.29, 0.717) is 24.9 Å². The third-order valence-electron chi connectivity index (χ3n) is 3.66. The molecule has 1 amide bonds. The summed E-state index contributed by atoms with van der Waals surface area (Å²) in [5.41, 5.74) is 0. The van der Waals surface area contributed by atoms with E-state index in [9.17, 15) is 9.90 Å². The summed E-state index contributed by atoms with van der Waals surface area (Å²) in [6.45, 7) is 4.97. The Morgan fingerprint density at radius 1 is 1.46 bits per heavy atom. The minimum absolute atomic E-state index is 0.135. The maximum atomic E-state index is 11.4. The van der Waals surface area contributed by atoms with Gasteiger partial charge in [0.25, 0.3) is 0 Å². The van der Waals surface area contributed by atoms with Gasteiger partial charge in [-0.3, -0.25) is 4.79 Å². The normalized spacial score (nSPS) is 45.2. The third-order valence-corrected chi connectivity index (χ3v) is 3.66. The third kappa shape index (κ3) is 1.35. The maximum absolute atomic E-state index is 11.4. The Morgan fingerprint density at radius 2 is 2.15 bits per heavy atom. The van der Waals surface area contributed by atoms with E-state index in [0.717, 1.165) is 12.3 Å². The van der Waals surface area contributed by atoms with Crippen LogP contribution in [0, 0.1) is 11.8 Å². The van der Waals surface area contributed by atoms with Crippen molar-refractivity contribution in [3.63, 3.8) is 0 Å². The fourth-order valence-corrected chi connectivity index (χ4v) is 2.44. The summed E-state index contributed by atoms with van der Waals surface area (Å²) in [7, 11) is 0. The zero-order chi connectivity index (χ0) is 9.59. The quantitative estimate of drug-likeness (QED) is 0.647. The van der Waals surface area contributed by atoms with Crippen molar-refractivity contribution >= 4 is 5.91 Å². The van der Waals surface area contributed by atoms with Crippen molar-refractivity contribution in [2.24, 2.45) is 11.8 Å². The van der Waals surface area contributed by atoms with Gasteiger partial charge >= 0.3 is 0 Å². The van der Waals surface area contributed by atoms with Crippen LogP contribution in [0.2, 0.25) is 0 Å². The molecule has 0 aromatic rings. The summed E-state index contributed by atoms with van der Waals surface area (Å²) in [5, 5.41) is 9.33. The van der Waals surface area contributed by atoms with Crippen molar-refractivity contribution in [3.05, 3.63) is 0 Å². The molecule has 2 aliphatic rings. The Kier molecular flexibility index (Phi) is 2.06. The molecular formula is C10H17NO2. The predicted molar refractivity (Wildman–Crippen MR) is 49.1 cm³/mol. The van der Waals surface area contributed by atoms with Crippen LogP contribution in [0.4, 0.5) is 0 Å². The SMILES string of the molecule is CC1CC(N2CC(O)CC2=O)C1C. The largest absolute Gasteiger partial charge is 0.391 e. The molecule has 3 heteroatoms. The number of nitrogens with zero attached hydrogens (tertiary/aromatic N) is 1. The first-order valence-electron chi connectivity index (χ1n) is 5.07. The first-order valence-corrected chi connectivity index (χ1v) is 5.07. The molecule has 4 atom stereocenters. The second-order valence-corrected chi connectivity index (χ2v) is 4.54. The van der Waals surface area contributed by atoms with Crippen molar-refractivity contribution in [3.8, 4) is 0 Å². The maximum Gasteiger partial charge on any atom is 0.225 e. The molecule has 0 spiro atoms. The van der Waals surface area contributed by atoms with E-state index in [2.05, 4.69) is 13.8 Å². The van der Waals surface area contributed by atoms with Crippen LogP contribution >= 0.6 is 0 Å². The molecule has 0 aromatic carbocycles. The van der Waals surface area contributed by atoms with Gasteiger partial charge in [-0.25, -0.2) is 0 Å². The number of aliphatic hydroxyl groups is 1. The second-order valence-electron chi connectivity index (χ2n) is 4.54. The molecule has 0 bridgehead atoms. The van der Waals surface area contributed by atoms with Crippen LogP contribution in [0.3, 0.4) is 0 Å². The summed E-state index contributed by atoms with van der Waals surface area (Å²) < 4.78 is 0. The van der Waals surface area contributed by atoms with Crippen LogP contribution in [0.5, 0.6) is 0 Å². The number of aliphatic hydroxyl groups excluding tert-OH is 1. The summed E-state index contributed by atoms with van der Waals surface area (Å²) in [6.07, 6.45) is 1.02. The molecule has 0 radical (unpaired) electrons. The van der Waals surface area contributed by atoms with Gasteiger partial charge in [-0.05, 0) is 18.3 Å². The Hall–Kier alpha value is -0.570. The van der Waals surface area contributed by atoms with Gasteiger partial charge in [0.05, 0.1) is 12.5 Å². The Morgan fingerprint density at radius 3 is 2.54 bits per heavy atom. The number of likely N-dealkylation sites (tertiary alicyclic amines) is 1. The Labute approximate surface area is 78.7 Å². The summed E-state index contributed by atoms with van der Waals surface area (Å²) in [6, 6.07) is 0.402. The molecule has 2 rings (SSSR count). The average Bonchev–Trinajstić information content (AvgIpc) is 2.40. The number of amides is 1. The summed E-state index contributed by atoms with van der Waals surface area (Å²) in [5.74, 6) is 1.47. The number of β-amino-alcohol motifs (C(OH)–C–C–N with tert-alkyl or cyclic N) is 1. The van der Waals surface area contributed by atoms with Crippen LogP contribution in [0.15, 0.2) is 0 Å². The van der Waals surface area contributed by atoms with E-state index in [-0.39, 0.29) is 5.91 Å². The van der Waals surface area contributed by atoms with Crippen molar-refractivity contribution in [2.75, 3.05) is 6.54 Å². The van der Waals surface area contributed by atoms with E-state index in [1.807, 2.05) is 4.90 Å². The number of hydrogen-bond acceptors (Lipinski definition) is 2. The minimum atomic E-state index is -0.421. The summed E-state index contributed by atoms with van der Waals surface area (Å²) >= 11 is 0. The molecule has 4 unspecified atom stereocenters. The van der Waals surface area contributed by atoms with E-state index in [1.54, 1.807) is 0 Å². The first kappa shape index (κ1) is 9.00. The standard InChI is InChI=1S/C10H17NO2/c1-6-3-9(7(6)2)11-5-8(12)4-10(11)13/h6-9,12H,3-5H2,1-2H3. The van der Waals surface area contributed by atoms with Gasteiger partial charge in [-0.15, -0.1) is 0 Å². The molecule has 1 aliphatic carbocycles. The van der Waals surface area contributed by atoms with E-state index >= 15 is 0 Å². The van der Waals surface area contributed by atoms with E-state index in [4.69, 9.17) is 0 Å². The molecule has 1 aliphatic heterocycles. The molecule has 3 nitrogen and oxygen atoms in total. The van der Waals surface area contributed by atoms with Crippen LogP contribution in [0.25, 0.3) is 0 Å². The lowest BCUT2D eigenvalue weighted by molar-refractivity contribution is -0.134. The lowest BCUT2D eigenvalue weighted by atomic mass is 9.71. The van der Waals surface area contributed by atoms with Gasteiger partial charge in [-0.2, -0.15) is 0 Å². The van der Waals surface area contributed by atoms with Crippen molar-refractivity contribution < 1.29 is 9.90 Å². The predicted octanol–water partition coefficient (Wildman–Crippen LogP) is 0.624. The van der Waals surface area contributed by atoms with Gasteiger partial charge in [0.2, 0.25) is 5.91 Å². The minimum Gasteiger partial charge on any atom is -0.391 e. The summed E-state index contributed by atoms with van der Waals surface area (Å²) in [4.78, 5) is 13.3. The molecule has 2 fully saturated rings. The lowest BCUT2D eigenvalue weighted by Crippen LogP contribution is -2.51. The van der Waals surface area contributed by atoms with Gasteiger partial charge in [0.15, 0.2) is 0 Å². The molecule has 74 valence electrons. The number of carbonyl (C=O) groups is 1. The van der Waals surface area contributed by atoms with Crippen LogP contribution in [0.1, 0.15) is 26.7 Å². The molecule has 0 aromatic heterocycles. The van der Waals surface area contributed by atoms with Gasteiger partial charge in [0, 0.05) is 12.6 Å². The zero-order valence-electron chi connectivity index (χ0n) is 8.23. The van der Waals surface area contributed by atoms with Crippen molar-refractivity contribution in [1.82, 2.24) is 4.90 Å². The topological polar surface area (TPSA) is 40.5 Å². The molecule has 13 heavy (non-hydrogen) atoms. The van der Waals surface area contributed by atoms with E-state index in [1.165, 1.54) is 0 Å². The van der Waals surface area contributed by atoms with Crippen molar-refractivity contribution in [1.29, 1.82) is 0 Å². The molecule has 1 saturated carbocycles. The Bertz CT molecular complexity index is 229. The van der Waals surface area contributed by atoms with Crippen molar-refractivity contribution in [2.45, 2.75) is 38.8 Å². The highest BCUT2D eigenvalue weighted by molar-refractivity contribution is 5.79. The van der Waals surface area contributed by atoms with Crippen LogP contribution < -0.4 is 0 Å². The zero-order valence-corrected chi connectivity index (χ0v) is 8.23. The van der Waals surface area contributed by atoms with Crippen LogP contribution in [-0.4, -0.2) is 34.6 Å². The van der Waals surface area contributed by atoms with Gasteiger partial charge < -0.3 is 10.0 Å². The fraction of sp³-hybridized carbons (Fsp3) is 0.900. The molecular weight excluding hydrogens is 166 g/mol. The smallest absolute Gasteiger partial charge is 0.225 e. The number of carbonyl (C=O) groups excluding carboxylic acids is 1. The monoisotopic (exact) mass is 183 g/mol.